The number of nitrogens with zero attached hydrogens (tertiary/aromatic N) is 4. The van der Waals surface area contributed by atoms with Crippen LogP contribution in [-0.4, -0.2) is 30.1 Å². The highest BCUT2D eigenvalue weighted by Gasteiger charge is 2.18. The van der Waals surface area contributed by atoms with E-state index < -0.39 is 0 Å². The average Bonchev–Trinajstić information content (AvgIpc) is 3.62. The SMILES string of the molecule is C=C(Nc1cncc(-c2ccc3[nH]nc(-c4cc5c(-c6ccccn6)nccc5[nH]4)c3c2)c1)C1CCCCC1. The fourth-order valence-corrected chi connectivity index (χ4v) is 5.69. The zero-order chi connectivity index (χ0) is 26.2. The van der Waals surface area contributed by atoms with E-state index in [4.69, 9.17) is 0 Å². The number of nitrogens with one attached hydrogen (secondary N) is 3. The van der Waals surface area contributed by atoms with Crippen molar-refractivity contribution in [3.63, 3.8) is 0 Å². The molecule has 0 bridgehead atoms. The Hall–Kier alpha value is -4.78. The third kappa shape index (κ3) is 4.46. The van der Waals surface area contributed by atoms with Crippen molar-refractivity contribution < 1.29 is 0 Å². The van der Waals surface area contributed by atoms with Crippen LogP contribution < -0.4 is 5.32 Å². The summed E-state index contributed by atoms with van der Waals surface area (Å²) in [5.74, 6) is 0.539. The highest BCUT2D eigenvalue weighted by Crippen LogP contribution is 2.35. The van der Waals surface area contributed by atoms with Crippen molar-refractivity contribution in [1.82, 2.24) is 30.1 Å². The van der Waals surface area contributed by atoms with Gasteiger partial charge in [-0.15, -0.1) is 0 Å². The lowest BCUT2D eigenvalue weighted by Crippen LogP contribution is -2.14. The van der Waals surface area contributed by atoms with E-state index in [0.717, 1.165) is 67.1 Å². The topological polar surface area (TPSA) is 95.2 Å². The lowest BCUT2D eigenvalue weighted by molar-refractivity contribution is 0.405. The minimum Gasteiger partial charge on any atom is -0.358 e. The van der Waals surface area contributed by atoms with Crippen LogP contribution in [0.1, 0.15) is 32.1 Å². The van der Waals surface area contributed by atoms with Crippen LogP contribution in [0.5, 0.6) is 0 Å². The minimum absolute atomic E-state index is 0.539. The molecule has 0 amide bonds. The summed E-state index contributed by atoms with van der Waals surface area (Å²) in [6.07, 6.45) is 13.7. The van der Waals surface area contributed by atoms with Crippen LogP contribution in [0.3, 0.4) is 0 Å². The number of pyridine rings is 3. The Morgan fingerprint density at radius 3 is 2.59 bits per heavy atom. The normalized spacial score (nSPS) is 14.2. The first-order valence-corrected chi connectivity index (χ1v) is 13.5. The van der Waals surface area contributed by atoms with Gasteiger partial charge in [0.15, 0.2) is 0 Å². The molecule has 192 valence electrons. The molecule has 1 aromatic carbocycles. The van der Waals surface area contributed by atoms with Crippen molar-refractivity contribution in [2.45, 2.75) is 32.1 Å². The van der Waals surface area contributed by atoms with Crippen molar-refractivity contribution in [1.29, 1.82) is 0 Å². The molecule has 5 aromatic heterocycles. The van der Waals surface area contributed by atoms with Gasteiger partial charge in [-0.2, -0.15) is 5.10 Å². The first-order chi connectivity index (χ1) is 19.2. The summed E-state index contributed by atoms with van der Waals surface area (Å²) in [7, 11) is 0. The number of hydrogen-bond acceptors (Lipinski definition) is 5. The molecule has 0 radical (unpaired) electrons. The van der Waals surface area contributed by atoms with Gasteiger partial charge in [0.25, 0.3) is 0 Å². The van der Waals surface area contributed by atoms with Gasteiger partial charge in [0.1, 0.15) is 5.69 Å². The zero-order valence-corrected chi connectivity index (χ0v) is 21.6. The zero-order valence-electron chi connectivity index (χ0n) is 21.6. The summed E-state index contributed by atoms with van der Waals surface area (Å²) in [6.45, 7) is 4.34. The molecule has 39 heavy (non-hydrogen) atoms. The van der Waals surface area contributed by atoms with E-state index in [0.29, 0.717) is 5.92 Å². The van der Waals surface area contributed by atoms with Gasteiger partial charge in [-0.05, 0) is 66.8 Å². The van der Waals surface area contributed by atoms with Crippen molar-refractivity contribution in [2.24, 2.45) is 5.92 Å². The Morgan fingerprint density at radius 1 is 0.821 bits per heavy atom. The van der Waals surface area contributed by atoms with Gasteiger partial charge in [-0.3, -0.25) is 20.1 Å². The summed E-state index contributed by atoms with van der Waals surface area (Å²) in [6, 6.07) is 18.5. The second-order valence-corrected chi connectivity index (χ2v) is 10.3. The van der Waals surface area contributed by atoms with E-state index in [1.165, 1.54) is 32.1 Å². The third-order valence-electron chi connectivity index (χ3n) is 7.75. The number of benzene rings is 1. The number of aromatic nitrogens is 6. The van der Waals surface area contributed by atoms with E-state index in [1.54, 1.807) is 6.20 Å². The molecule has 0 atom stereocenters. The van der Waals surface area contributed by atoms with Gasteiger partial charge in [0.2, 0.25) is 0 Å². The number of H-pyrrole nitrogens is 2. The first kappa shape index (κ1) is 23.3. The molecule has 3 N–H and O–H groups in total. The van der Waals surface area contributed by atoms with Gasteiger partial charge in [-0.1, -0.05) is 38.0 Å². The number of aromatic amines is 2. The smallest absolute Gasteiger partial charge is 0.116 e. The Balaban J connectivity index is 1.23. The maximum atomic E-state index is 4.67. The van der Waals surface area contributed by atoms with E-state index in [1.807, 2.05) is 42.9 Å². The standard InChI is InChI=1S/C32H29N7/c1-20(21-7-3-2-4-8-21)36-24-15-23(18-33-19-24)22-10-11-28-25(16-22)32(39-38-28)30-17-26-27(37-30)12-14-35-31(26)29-9-5-6-13-34-29/h5-6,9-19,21,36-37H,1-4,7-8H2,(H,38,39). The van der Waals surface area contributed by atoms with Gasteiger partial charge < -0.3 is 10.3 Å². The number of anilines is 1. The van der Waals surface area contributed by atoms with Crippen LogP contribution >= 0.6 is 0 Å². The minimum atomic E-state index is 0.539. The quantitative estimate of drug-likeness (QED) is 0.213. The van der Waals surface area contributed by atoms with Crippen LogP contribution in [0.25, 0.3) is 55.7 Å². The van der Waals surface area contributed by atoms with Gasteiger partial charge in [0, 0.05) is 46.1 Å². The second-order valence-electron chi connectivity index (χ2n) is 10.3. The van der Waals surface area contributed by atoms with E-state index in [-0.39, 0.29) is 0 Å². The Morgan fingerprint density at radius 2 is 1.72 bits per heavy atom. The molecule has 0 saturated heterocycles. The fourth-order valence-electron chi connectivity index (χ4n) is 5.69. The molecule has 0 spiro atoms. The molecular formula is C32H29N7. The van der Waals surface area contributed by atoms with Crippen molar-refractivity contribution in [3.8, 4) is 33.9 Å². The van der Waals surface area contributed by atoms with E-state index >= 15 is 0 Å². The fraction of sp³-hybridized carbons (Fsp3) is 0.188. The van der Waals surface area contributed by atoms with Crippen molar-refractivity contribution >= 4 is 27.5 Å². The lowest BCUT2D eigenvalue weighted by Gasteiger charge is -2.24. The molecule has 0 aliphatic heterocycles. The molecule has 5 heterocycles. The number of rotatable bonds is 6. The van der Waals surface area contributed by atoms with Crippen molar-refractivity contribution in [2.75, 3.05) is 5.32 Å². The number of allylic oxidation sites excluding steroid dienone is 1. The first-order valence-electron chi connectivity index (χ1n) is 13.5. The van der Waals surface area contributed by atoms with Crippen LogP contribution in [-0.2, 0) is 0 Å². The largest absolute Gasteiger partial charge is 0.358 e. The summed E-state index contributed by atoms with van der Waals surface area (Å²) >= 11 is 0. The Kier molecular flexibility index (Phi) is 5.89. The maximum absolute atomic E-state index is 4.67. The predicted octanol–water partition coefficient (Wildman–Crippen LogP) is 7.74. The molecule has 6 aromatic rings. The van der Waals surface area contributed by atoms with Gasteiger partial charge >= 0.3 is 0 Å². The Labute approximate surface area is 226 Å². The van der Waals surface area contributed by atoms with Crippen molar-refractivity contribution in [3.05, 3.63) is 91.7 Å². The summed E-state index contributed by atoms with van der Waals surface area (Å²) in [5, 5.41) is 13.5. The highest BCUT2D eigenvalue weighted by atomic mass is 15.1. The molecule has 1 aliphatic carbocycles. The summed E-state index contributed by atoms with van der Waals surface area (Å²) < 4.78 is 0. The molecule has 7 heteroatoms. The van der Waals surface area contributed by atoms with Crippen LogP contribution in [0.2, 0.25) is 0 Å². The van der Waals surface area contributed by atoms with E-state index in [9.17, 15) is 0 Å². The Bertz CT molecular complexity index is 1790. The summed E-state index contributed by atoms with van der Waals surface area (Å²) in [5.41, 5.74) is 9.65. The van der Waals surface area contributed by atoms with E-state index in [2.05, 4.69) is 72.4 Å². The van der Waals surface area contributed by atoms with Gasteiger partial charge in [-0.25, -0.2) is 0 Å². The predicted molar refractivity (Wildman–Crippen MR) is 157 cm³/mol. The number of hydrogen-bond donors (Lipinski definition) is 3. The van der Waals surface area contributed by atoms with Crippen LogP contribution in [0.4, 0.5) is 5.69 Å². The highest BCUT2D eigenvalue weighted by molar-refractivity contribution is 6.00. The molecule has 1 aliphatic rings. The molecule has 0 unspecified atom stereocenters. The maximum Gasteiger partial charge on any atom is 0.116 e. The van der Waals surface area contributed by atoms with Gasteiger partial charge in [0.05, 0.1) is 34.5 Å². The summed E-state index contributed by atoms with van der Waals surface area (Å²) in [4.78, 5) is 17.2. The molecule has 7 rings (SSSR count). The second kappa shape index (κ2) is 9.83. The molecule has 1 fully saturated rings. The molecular weight excluding hydrogens is 482 g/mol. The monoisotopic (exact) mass is 511 g/mol. The lowest BCUT2D eigenvalue weighted by atomic mass is 9.87. The average molecular weight is 512 g/mol. The molecule has 7 nitrogen and oxygen atoms in total. The van der Waals surface area contributed by atoms with Crippen LogP contribution in [0.15, 0.2) is 91.7 Å². The number of fused-ring (bicyclic) bond motifs is 2. The van der Waals surface area contributed by atoms with Crippen LogP contribution in [0, 0.1) is 5.92 Å². The molecule has 1 saturated carbocycles. The third-order valence-corrected chi connectivity index (χ3v) is 7.75.